The highest BCUT2D eigenvalue weighted by Crippen LogP contribution is 2.19. The van der Waals surface area contributed by atoms with Gasteiger partial charge in [-0.2, -0.15) is 0 Å². The van der Waals surface area contributed by atoms with Crippen molar-refractivity contribution in [2.45, 2.75) is 64.5 Å². The quantitative estimate of drug-likeness (QED) is 0.883. The van der Waals surface area contributed by atoms with Crippen molar-refractivity contribution in [1.82, 2.24) is 20.3 Å². The van der Waals surface area contributed by atoms with Crippen LogP contribution in [-0.4, -0.2) is 26.9 Å². The minimum absolute atomic E-state index is 0.00731. The van der Waals surface area contributed by atoms with Gasteiger partial charge in [-0.3, -0.25) is 4.79 Å². The topological polar surface area (TPSA) is 59.8 Å². The number of rotatable bonds is 3. The third-order valence-electron chi connectivity index (χ3n) is 4.41. The minimum Gasteiger partial charge on any atom is -0.349 e. The molecule has 2 aromatic rings. The number of aromatic nitrogens is 3. The third kappa shape index (κ3) is 3.13. The molecule has 1 aliphatic carbocycles. The summed E-state index contributed by atoms with van der Waals surface area (Å²) in [7, 11) is 0. The van der Waals surface area contributed by atoms with Crippen LogP contribution in [0.1, 0.15) is 68.8 Å². The second-order valence-electron chi connectivity index (χ2n) is 6.49. The molecule has 0 bridgehead atoms. The number of hydrogen-bond donors (Lipinski definition) is 1. The highest BCUT2D eigenvalue weighted by atomic mass is 16.1. The predicted molar refractivity (Wildman–Crippen MR) is 86.9 cm³/mol. The van der Waals surface area contributed by atoms with Crippen LogP contribution in [0.25, 0.3) is 11.0 Å². The van der Waals surface area contributed by atoms with Gasteiger partial charge in [-0.05, 0) is 44.9 Å². The molecule has 1 aromatic heterocycles. The van der Waals surface area contributed by atoms with E-state index in [4.69, 9.17) is 0 Å². The molecule has 1 amide bonds. The summed E-state index contributed by atoms with van der Waals surface area (Å²) in [5, 5.41) is 11.5. The van der Waals surface area contributed by atoms with Crippen molar-refractivity contribution in [1.29, 1.82) is 0 Å². The van der Waals surface area contributed by atoms with Gasteiger partial charge in [0.2, 0.25) is 0 Å². The average molecular weight is 300 g/mol. The summed E-state index contributed by atoms with van der Waals surface area (Å²) in [5.41, 5.74) is 2.43. The number of fused-ring (bicyclic) bond motifs is 1. The Morgan fingerprint density at radius 1 is 1.23 bits per heavy atom. The summed E-state index contributed by atoms with van der Waals surface area (Å²) in [5.74, 6) is 0.00731. The first-order valence-electron chi connectivity index (χ1n) is 8.31. The molecule has 0 spiro atoms. The lowest BCUT2D eigenvalue weighted by Crippen LogP contribution is -2.34. The normalized spacial score (nSPS) is 16.9. The smallest absolute Gasteiger partial charge is 0.251 e. The van der Waals surface area contributed by atoms with Gasteiger partial charge in [-0.15, -0.1) is 5.10 Å². The molecular weight excluding hydrogens is 276 g/mol. The highest BCUT2D eigenvalue weighted by molar-refractivity contribution is 5.97. The second-order valence-corrected chi connectivity index (χ2v) is 6.49. The molecule has 22 heavy (non-hydrogen) atoms. The van der Waals surface area contributed by atoms with Gasteiger partial charge in [0.05, 0.1) is 5.52 Å². The monoisotopic (exact) mass is 300 g/mol. The van der Waals surface area contributed by atoms with Crippen molar-refractivity contribution >= 4 is 16.9 Å². The molecule has 0 saturated heterocycles. The van der Waals surface area contributed by atoms with Gasteiger partial charge in [0.1, 0.15) is 5.52 Å². The zero-order chi connectivity index (χ0) is 15.5. The van der Waals surface area contributed by atoms with Crippen LogP contribution in [0.4, 0.5) is 0 Å². The van der Waals surface area contributed by atoms with Crippen molar-refractivity contribution < 1.29 is 4.79 Å². The highest BCUT2D eigenvalue weighted by Gasteiger charge is 2.17. The Morgan fingerprint density at radius 3 is 2.64 bits per heavy atom. The van der Waals surface area contributed by atoms with Crippen LogP contribution in [-0.2, 0) is 0 Å². The lowest BCUT2D eigenvalue weighted by Gasteiger charge is -2.16. The SMILES string of the molecule is CC(C)n1nnc2cc(C(=O)NC3CCCCCC3)ccc21. The first-order valence-corrected chi connectivity index (χ1v) is 8.31. The molecule has 1 fully saturated rings. The number of hydrogen-bond acceptors (Lipinski definition) is 3. The number of amides is 1. The largest absolute Gasteiger partial charge is 0.349 e. The van der Waals surface area contributed by atoms with Crippen LogP contribution in [0.2, 0.25) is 0 Å². The zero-order valence-electron chi connectivity index (χ0n) is 13.4. The molecule has 0 unspecified atom stereocenters. The molecule has 5 heteroatoms. The van der Waals surface area contributed by atoms with E-state index >= 15 is 0 Å². The Morgan fingerprint density at radius 2 is 1.95 bits per heavy atom. The Hall–Kier alpha value is -1.91. The molecule has 1 N–H and O–H groups in total. The molecule has 0 atom stereocenters. The van der Waals surface area contributed by atoms with E-state index in [9.17, 15) is 4.79 Å². The van der Waals surface area contributed by atoms with E-state index in [1.165, 1.54) is 25.7 Å². The summed E-state index contributed by atoms with van der Waals surface area (Å²) in [6.45, 7) is 4.14. The lowest BCUT2D eigenvalue weighted by molar-refractivity contribution is 0.0933. The lowest BCUT2D eigenvalue weighted by atomic mass is 10.1. The Labute approximate surface area is 131 Å². The van der Waals surface area contributed by atoms with Crippen LogP contribution in [0.5, 0.6) is 0 Å². The number of nitrogens with one attached hydrogen (secondary N) is 1. The molecule has 1 aromatic carbocycles. The summed E-state index contributed by atoms with van der Waals surface area (Å²) in [6, 6.07) is 6.23. The number of carbonyl (C=O) groups excluding carboxylic acids is 1. The number of carbonyl (C=O) groups is 1. The number of nitrogens with zero attached hydrogens (tertiary/aromatic N) is 3. The summed E-state index contributed by atoms with van der Waals surface area (Å²) in [6.07, 6.45) is 7.20. The fourth-order valence-electron chi connectivity index (χ4n) is 3.16. The Kier molecular flexibility index (Phi) is 4.41. The van der Waals surface area contributed by atoms with Crippen molar-refractivity contribution in [3.63, 3.8) is 0 Å². The van der Waals surface area contributed by atoms with Crippen molar-refractivity contribution in [2.75, 3.05) is 0 Å². The van der Waals surface area contributed by atoms with Gasteiger partial charge in [0.25, 0.3) is 5.91 Å². The minimum atomic E-state index is 0.00731. The molecule has 1 saturated carbocycles. The zero-order valence-corrected chi connectivity index (χ0v) is 13.4. The molecule has 1 heterocycles. The molecule has 0 aliphatic heterocycles. The van der Waals surface area contributed by atoms with Crippen molar-refractivity contribution in [3.8, 4) is 0 Å². The van der Waals surface area contributed by atoms with Crippen molar-refractivity contribution in [2.24, 2.45) is 0 Å². The maximum atomic E-state index is 12.4. The van der Waals surface area contributed by atoms with Crippen LogP contribution in [0.3, 0.4) is 0 Å². The second kappa shape index (κ2) is 6.46. The summed E-state index contributed by atoms with van der Waals surface area (Å²) in [4.78, 5) is 12.4. The van der Waals surface area contributed by atoms with Crippen molar-refractivity contribution in [3.05, 3.63) is 23.8 Å². The molecule has 0 radical (unpaired) electrons. The van der Waals surface area contributed by atoms with E-state index in [0.29, 0.717) is 11.6 Å². The fourth-order valence-corrected chi connectivity index (χ4v) is 3.16. The van der Waals surface area contributed by atoms with E-state index in [0.717, 1.165) is 23.9 Å². The van der Waals surface area contributed by atoms with Gasteiger partial charge in [-0.1, -0.05) is 30.9 Å². The standard InChI is InChI=1S/C17H24N4O/c1-12(2)21-16-10-9-13(11-15(16)19-20-21)17(22)18-14-7-5-3-4-6-8-14/h9-12,14H,3-8H2,1-2H3,(H,18,22). The van der Waals surface area contributed by atoms with Gasteiger partial charge < -0.3 is 5.32 Å². The molecule has 5 nitrogen and oxygen atoms in total. The Bertz CT molecular complexity index is 654. The van der Waals surface area contributed by atoms with E-state index in [2.05, 4.69) is 29.5 Å². The summed E-state index contributed by atoms with van der Waals surface area (Å²) < 4.78 is 1.88. The van der Waals surface area contributed by atoms with E-state index in [-0.39, 0.29) is 11.9 Å². The van der Waals surface area contributed by atoms with Gasteiger partial charge in [0.15, 0.2) is 0 Å². The van der Waals surface area contributed by atoms with E-state index in [1.807, 2.05) is 22.9 Å². The predicted octanol–water partition coefficient (Wildman–Crippen LogP) is 3.46. The third-order valence-corrected chi connectivity index (χ3v) is 4.41. The first-order chi connectivity index (χ1) is 10.6. The number of benzene rings is 1. The van der Waals surface area contributed by atoms with Crippen LogP contribution < -0.4 is 5.32 Å². The molecular formula is C17H24N4O. The average Bonchev–Trinajstić information content (AvgIpc) is 2.77. The van der Waals surface area contributed by atoms with E-state index < -0.39 is 0 Å². The van der Waals surface area contributed by atoms with Gasteiger partial charge in [0, 0.05) is 17.6 Å². The first kappa shape index (κ1) is 15.0. The van der Waals surface area contributed by atoms with E-state index in [1.54, 1.807) is 0 Å². The molecule has 1 aliphatic rings. The summed E-state index contributed by atoms with van der Waals surface area (Å²) >= 11 is 0. The van der Waals surface area contributed by atoms with Gasteiger partial charge in [-0.25, -0.2) is 4.68 Å². The van der Waals surface area contributed by atoms with Crippen LogP contribution in [0.15, 0.2) is 18.2 Å². The Balaban J connectivity index is 1.76. The van der Waals surface area contributed by atoms with Crippen LogP contribution in [0, 0.1) is 0 Å². The maximum absolute atomic E-state index is 12.4. The fraction of sp³-hybridized carbons (Fsp3) is 0.588. The molecule has 3 rings (SSSR count). The van der Waals surface area contributed by atoms with Crippen LogP contribution >= 0.6 is 0 Å². The van der Waals surface area contributed by atoms with Gasteiger partial charge >= 0.3 is 0 Å². The maximum Gasteiger partial charge on any atom is 0.251 e. The molecule has 118 valence electrons.